The van der Waals surface area contributed by atoms with E-state index in [4.69, 9.17) is 5.11 Å². The highest BCUT2D eigenvalue weighted by molar-refractivity contribution is 7.84. The maximum Gasteiger partial charge on any atom is 0.233 e. The smallest absolute Gasteiger partial charge is 0.233 e. The summed E-state index contributed by atoms with van der Waals surface area (Å²) in [5, 5.41) is 11.7. The Kier molecular flexibility index (Phi) is 5.69. The predicted octanol–water partition coefficient (Wildman–Crippen LogP) is 1.34. The summed E-state index contributed by atoms with van der Waals surface area (Å²) in [6, 6.07) is 7.24. The van der Waals surface area contributed by atoms with Crippen molar-refractivity contribution in [3.63, 3.8) is 0 Å². The highest BCUT2D eigenvalue weighted by atomic mass is 32.2. The summed E-state index contributed by atoms with van der Waals surface area (Å²) in [4.78, 5) is 11.6. The SMILES string of the molecule is CC(C)(C)NC(=O)CS(=O)Cc1ccc(CO)cc1. The molecule has 0 saturated heterocycles. The van der Waals surface area contributed by atoms with Crippen molar-refractivity contribution in [2.24, 2.45) is 0 Å². The summed E-state index contributed by atoms with van der Waals surface area (Å²) < 4.78 is 11.9. The Balaban J connectivity index is 2.48. The molecule has 0 saturated carbocycles. The van der Waals surface area contributed by atoms with E-state index in [0.29, 0.717) is 5.75 Å². The van der Waals surface area contributed by atoms with Crippen molar-refractivity contribution in [1.29, 1.82) is 0 Å². The number of aliphatic hydroxyl groups is 1. The van der Waals surface area contributed by atoms with Crippen LogP contribution in [-0.4, -0.2) is 26.5 Å². The second kappa shape index (κ2) is 6.82. The summed E-state index contributed by atoms with van der Waals surface area (Å²) in [6.45, 7) is 5.67. The number of benzene rings is 1. The van der Waals surface area contributed by atoms with E-state index in [1.165, 1.54) is 0 Å². The van der Waals surface area contributed by atoms with Gasteiger partial charge in [-0.2, -0.15) is 0 Å². The monoisotopic (exact) mass is 283 g/mol. The predicted molar refractivity (Wildman–Crippen MR) is 77.0 cm³/mol. The molecule has 0 aromatic heterocycles. The summed E-state index contributed by atoms with van der Waals surface area (Å²) in [6.07, 6.45) is 0. The van der Waals surface area contributed by atoms with Crippen molar-refractivity contribution in [1.82, 2.24) is 5.32 Å². The average molecular weight is 283 g/mol. The molecule has 0 bridgehead atoms. The number of nitrogens with one attached hydrogen (secondary N) is 1. The van der Waals surface area contributed by atoms with E-state index < -0.39 is 10.8 Å². The van der Waals surface area contributed by atoms with Crippen LogP contribution >= 0.6 is 0 Å². The molecule has 0 aliphatic carbocycles. The molecule has 1 atom stereocenters. The lowest BCUT2D eigenvalue weighted by atomic mass is 10.1. The van der Waals surface area contributed by atoms with Gasteiger partial charge in [0, 0.05) is 22.1 Å². The molecule has 4 nitrogen and oxygen atoms in total. The third-order valence-electron chi connectivity index (χ3n) is 2.34. The second-order valence-electron chi connectivity index (χ2n) is 5.50. The highest BCUT2D eigenvalue weighted by Crippen LogP contribution is 2.07. The van der Waals surface area contributed by atoms with Crippen molar-refractivity contribution < 1.29 is 14.1 Å². The molecule has 1 amide bonds. The summed E-state index contributed by atoms with van der Waals surface area (Å²) in [5.74, 6) is 0.167. The van der Waals surface area contributed by atoms with Crippen molar-refractivity contribution >= 4 is 16.7 Å². The van der Waals surface area contributed by atoms with Crippen molar-refractivity contribution in [3.05, 3.63) is 35.4 Å². The minimum Gasteiger partial charge on any atom is -0.392 e. The van der Waals surface area contributed by atoms with Gasteiger partial charge in [-0.25, -0.2) is 0 Å². The first-order valence-corrected chi connectivity index (χ1v) is 7.63. The Morgan fingerprint density at radius 3 is 2.21 bits per heavy atom. The summed E-state index contributed by atoms with van der Waals surface area (Å²) in [5.41, 5.74) is 1.42. The number of hydrogen-bond donors (Lipinski definition) is 2. The summed E-state index contributed by atoms with van der Waals surface area (Å²) >= 11 is 0. The van der Waals surface area contributed by atoms with Gasteiger partial charge in [-0.05, 0) is 31.9 Å². The first kappa shape index (κ1) is 15.9. The van der Waals surface area contributed by atoms with Gasteiger partial charge >= 0.3 is 0 Å². The molecule has 2 N–H and O–H groups in total. The molecule has 1 aromatic rings. The van der Waals surface area contributed by atoms with E-state index in [2.05, 4.69) is 5.32 Å². The first-order valence-electron chi connectivity index (χ1n) is 6.15. The highest BCUT2D eigenvalue weighted by Gasteiger charge is 2.15. The number of rotatable bonds is 5. The zero-order valence-corrected chi connectivity index (χ0v) is 12.4. The van der Waals surface area contributed by atoms with Crippen LogP contribution in [0.3, 0.4) is 0 Å². The lowest BCUT2D eigenvalue weighted by Crippen LogP contribution is -2.42. The molecule has 0 heterocycles. The Bertz CT molecular complexity index is 449. The van der Waals surface area contributed by atoms with Crippen molar-refractivity contribution in [2.45, 2.75) is 38.7 Å². The van der Waals surface area contributed by atoms with Crippen LogP contribution in [0.15, 0.2) is 24.3 Å². The van der Waals surface area contributed by atoms with Crippen molar-refractivity contribution in [2.75, 3.05) is 5.75 Å². The topological polar surface area (TPSA) is 66.4 Å². The normalized spacial score (nSPS) is 13.1. The van der Waals surface area contributed by atoms with Gasteiger partial charge in [-0.1, -0.05) is 24.3 Å². The third kappa shape index (κ3) is 6.50. The number of amides is 1. The van der Waals surface area contributed by atoms with Gasteiger partial charge < -0.3 is 10.4 Å². The van der Waals surface area contributed by atoms with E-state index in [-0.39, 0.29) is 23.8 Å². The fourth-order valence-electron chi connectivity index (χ4n) is 1.58. The van der Waals surface area contributed by atoms with Crippen LogP contribution in [0.5, 0.6) is 0 Å². The molecule has 0 spiro atoms. The Morgan fingerprint density at radius 2 is 1.74 bits per heavy atom. The molecule has 0 aliphatic rings. The van der Waals surface area contributed by atoms with Crippen LogP contribution in [0.1, 0.15) is 31.9 Å². The van der Waals surface area contributed by atoms with Crippen LogP contribution in [0.2, 0.25) is 0 Å². The maximum absolute atomic E-state index is 11.9. The van der Waals surface area contributed by atoms with Crippen LogP contribution in [0, 0.1) is 0 Å². The van der Waals surface area contributed by atoms with E-state index >= 15 is 0 Å². The largest absolute Gasteiger partial charge is 0.392 e. The number of hydrogen-bond acceptors (Lipinski definition) is 3. The lowest BCUT2D eigenvalue weighted by molar-refractivity contribution is -0.119. The van der Waals surface area contributed by atoms with Gasteiger partial charge in [-0.15, -0.1) is 0 Å². The minimum absolute atomic E-state index is 0.00262. The van der Waals surface area contributed by atoms with Crippen LogP contribution in [-0.2, 0) is 28.0 Å². The van der Waals surface area contributed by atoms with Gasteiger partial charge in [0.25, 0.3) is 0 Å². The fourth-order valence-corrected chi connectivity index (χ4v) is 2.61. The number of aliphatic hydroxyl groups excluding tert-OH is 1. The van der Waals surface area contributed by atoms with Gasteiger partial charge in [0.05, 0.1) is 6.61 Å². The molecule has 0 aliphatic heterocycles. The van der Waals surface area contributed by atoms with E-state index in [9.17, 15) is 9.00 Å². The lowest BCUT2D eigenvalue weighted by Gasteiger charge is -2.20. The molecule has 19 heavy (non-hydrogen) atoms. The van der Waals surface area contributed by atoms with Gasteiger partial charge in [-0.3, -0.25) is 9.00 Å². The number of carbonyl (C=O) groups is 1. The van der Waals surface area contributed by atoms with Gasteiger partial charge in [0.1, 0.15) is 5.75 Å². The minimum atomic E-state index is -1.22. The Morgan fingerprint density at radius 1 is 1.21 bits per heavy atom. The van der Waals surface area contributed by atoms with E-state index in [0.717, 1.165) is 11.1 Å². The zero-order valence-electron chi connectivity index (χ0n) is 11.6. The molecular formula is C14H21NO3S. The van der Waals surface area contributed by atoms with E-state index in [1.807, 2.05) is 32.9 Å². The molecular weight excluding hydrogens is 262 g/mol. The van der Waals surface area contributed by atoms with Gasteiger partial charge in [0.15, 0.2) is 0 Å². The second-order valence-corrected chi connectivity index (χ2v) is 6.96. The molecule has 106 valence electrons. The van der Waals surface area contributed by atoms with Crippen LogP contribution in [0.4, 0.5) is 0 Å². The molecule has 1 aromatic carbocycles. The fraction of sp³-hybridized carbons (Fsp3) is 0.500. The zero-order chi connectivity index (χ0) is 14.5. The molecule has 5 heteroatoms. The standard InChI is InChI=1S/C14H21NO3S/c1-14(2,3)15-13(17)10-19(18)9-12-6-4-11(8-16)5-7-12/h4-7,16H,8-10H2,1-3H3,(H,15,17). The molecule has 1 unspecified atom stereocenters. The molecule has 1 rings (SSSR count). The number of carbonyl (C=O) groups excluding carboxylic acids is 1. The quantitative estimate of drug-likeness (QED) is 0.857. The maximum atomic E-state index is 11.9. The van der Waals surface area contributed by atoms with Gasteiger partial charge in [0.2, 0.25) is 5.91 Å². The Labute approximate surface area is 116 Å². The Hall–Kier alpha value is -1.20. The van der Waals surface area contributed by atoms with E-state index in [1.54, 1.807) is 12.1 Å². The molecule has 0 fully saturated rings. The first-order chi connectivity index (χ1) is 8.80. The van der Waals surface area contributed by atoms with Crippen LogP contribution in [0.25, 0.3) is 0 Å². The van der Waals surface area contributed by atoms with Crippen molar-refractivity contribution in [3.8, 4) is 0 Å². The third-order valence-corrected chi connectivity index (χ3v) is 3.58. The van der Waals surface area contributed by atoms with Crippen LogP contribution < -0.4 is 5.32 Å². The summed E-state index contributed by atoms with van der Waals surface area (Å²) in [7, 11) is -1.22. The molecule has 0 radical (unpaired) electrons. The average Bonchev–Trinajstić information content (AvgIpc) is 2.27.